The lowest BCUT2D eigenvalue weighted by atomic mass is 10.1. The molecule has 0 bridgehead atoms. The number of carbonyl (C=O) groups is 1. The van der Waals surface area contributed by atoms with Crippen LogP contribution in [-0.2, 0) is 0 Å². The Hall–Kier alpha value is -4.44. The van der Waals surface area contributed by atoms with Crippen LogP contribution in [0.25, 0.3) is 55.3 Å². The minimum absolute atomic E-state index is 0.0314. The standard InChI is InChI=1S/C23H16N8OS/c1-11(32)18-2-3-19(33-18)22-21-15(4-5-26-22)28-23(29-21)20-14-7-16(27-10-17(14)30-31-20)12-6-13(24)9-25-8-12/h2-10H,24H2,1H3,(H,28,29)(H,30,31). The summed E-state index contributed by atoms with van der Waals surface area (Å²) >= 11 is 1.41. The molecular weight excluding hydrogens is 436 g/mol. The first-order chi connectivity index (χ1) is 16.1. The van der Waals surface area contributed by atoms with Gasteiger partial charge in [0.05, 0.1) is 38.4 Å². The summed E-state index contributed by atoms with van der Waals surface area (Å²) in [6.45, 7) is 1.56. The SMILES string of the molecule is CC(=O)c1ccc(-c2nccc3[nH]c(-c4n[nH]c5cnc(-c6cncc(N)c6)cc45)nc23)s1. The molecule has 160 valence electrons. The molecule has 0 aromatic carbocycles. The van der Waals surface area contributed by atoms with Crippen LogP contribution in [0.2, 0.25) is 0 Å². The second kappa shape index (κ2) is 7.31. The number of thiophene rings is 1. The third-order valence-corrected chi connectivity index (χ3v) is 6.51. The van der Waals surface area contributed by atoms with Gasteiger partial charge in [-0.25, -0.2) is 4.98 Å². The molecule has 33 heavy (non-hydrogen) atoms. The average molecular weight is 453 g/mol. The number of nitrogens with zero attached hydrogens (tertiary/aromatic N) is 5. The summed E-state index contributed by atoms with van der Waals surface area (Å²) in [5, 5.41) is 8.37. The van der Waals surface area contributed by atoms with Crippen molar-refractivity contribution in [3.05, 3.63) is 60.0 Å². The second-order valence-corrected chi connectivity index (χ2v) is 8.64. The first-order valence-electron chi connectivity index (χ1n) is 10.1. The summed E-state index contributed by atoms with van der Waals surface area (Å²) in [6.07, 6.45) is 6.78. The molecule has 0 aliphatic heterocycles. The molecule has 4 N–H and O–H groups in total. The van der Waals surface area contributed by atoms with E-state index in [2.05, 4.69) is 30.1 Å². The lowest BCUT2D eigenvalue weighted by Crippen LogP contribution is -1.90. The Bertz CT molecular complexity index is 1680. The number of nitrogen functional groups attached to an aromatic ring is 1. The van der Waals surface area contributed by atoms with Gasteiger partial charge in [0.2, 0.25) is 0 Å². The molecule has 6 rings (SSSR count). The third-order valence-electron chi connectivity index (χ3n) is 5.31. The Labute approximate surface area is 190 Å². The van der Waals surface area contributed by atoms with Gasteiger partial charge in [-0.1, -0.05) is 0 Å². The van der Waals surface area contributed by atoms with Crippen LogP contribution in [0.5, 0.6) is 0 Å². The molecule has 0 fully saturated rings. The maximum Gasteiger partial charge on any atom is 0.169 e. The number of imidazole rings is 1. The van der Waals surface area contributed by atoms with Gasteiger partial charge in [0.25, 0.3) is 0 Å². The lowest BCUT2D eigenvalue weighted by molar-refractivity contribution is 0.102. The van der Waals surface area contributed by atoms with Gasteiger partial charge in [0.15, 0.2) is 11.6 Å². The van der Waals surface area contributed by atoms with E-state index < -0.39 is 0 Å². The molecule has 6 aromatic rings. The van der Waals surface area contributed by atoms with Crippen LogP contribution in [0.3, 0.4) is 0 Å². The Morgan fingerprint density at radius 2 is 1.94 bits per heavy atom. The van der Waals surface area contributed by atoms with Crippen LogP contribution in [0.1, 0.15) is 16.6 Å². The van der Waals surface area contributed by atoms with Crippen molar-refractivity contribution < 1.29 is 4.79 Å². The molecule has 10 heteroatoms. The third kappa shape index (κ3) is 3.24. The van der Waals surface area contributed by atoms with Crippen molar-refractivity contribution in [1.82, 2.24) is 35.1 Å². The van der Waals surface area contributed by atoms with Crippen molar-refractivity contribution in [2.24, 2.45) is 0 Å². The smallest absolute Gasteiger partial charge is 0.169 e. The van der Waals surface area contributed by atoms with E-state index in [1.807, 2.05) is 30.3 Å². The maximum absolute atomic E-state index is 11.7. The minimum atomic E-state index is 0.0314. The monoisotopic (exact) mass is 452 g/mol. The molecular formula is C23H16N8OS. The number of ketones is 1. The molecule has 6 heterocycles. The fourth-order valence-electron chi connectivity index (χ4n) is 3.74. The number of fused-ring (bicyclic) bond motifs is 2. The van der Waals surface area contributed by atoms with Crippen molar-refractivity contribution in [1.29, 1.82) is 0 Å². The minimum Gasteiger partial charge on any atom is -0.397 e. The number of hydrogen-bond acceptors (Lipinski definition) is 8. The fraction of sp³-hybridized carbons (Fsp3) is 0.0435. The summed E-state index contributed by atoms with van der Waals surface area (Å²) in [5.74, 6) is 0.639. The number of nitrogens with two attached hydrogens (primary N) is 1. The summed E-state index contributed by atoms with van der Waals surface area (Å²) < 4.78 is 0. The number of anilines is 1. The van der Waals surface area contributed by atoms with Gasteiger partial charge in [-0.15, -0.1) is 11.3 Å². The van der Waals surface area contributed by atoms with Gasteiger partial charge in [-0.3, -0.25) is 24.8 Å². The number of carbonyl (C=O) groups excluding carboxylic acids is 1. The number of H-pyrrole nitrogens is 2. The van der Waals surface area contributed by atoms with E-state index in [-0.39, 0.29) is 5.78 Å². The Balaban J connectivity index is 1.48. The van der Waals surface area contributed by atoms with E-state index >= 15 is 0 Å². The van der Waals surface area contributed by atoms with Crippen LogP contribution in [0, 0.1) is 0 Å². The molecule has 0 unspecified atom stereocenters. The lowest BCUT2D eigenvalue weighted by Gasteiger charge is -2.02. The number of aromatic nitrogens is 7. The quantitative estimate of drug-likeness (QED) is 0.335. The van der Waals surface area contributed by atoms with Crippen molar-refractivity contribution in [3.8, 4) is 33.3 Å². The molecule has 6 aromatic heterocycles. The molecule has 0 saturated carbocycles. The normalized spacial score (nSPS) is 11.4. The molecule has 0 radical (unpaired) electrons. The zero-order valence-electron chi connectivity index (χ0n) is 17.3. The van der Waals surface area contributed by atoms with Crippen LogP contribution in [-0.4, -0.2) is 40.9 Å². The number of Topliss-reactive ketones (excluding diaryl/α,β-unsaturated/α-hetero) is 1. The highest BCUT2D eigenvalue weighted by molar-refractivity contribution is 7.17. The first-order valence-corrected chi connectivity index (χ1v) is 10.9. The van der Waals surface area contributed by atoms with Crippen molar-refractivity contribution >= 4 is 44.7 Å². The van der Waals surface area contributed by atoms with E-state index in [1.54, 1.807) is 31.7 Å². The number of hydrogen-bond donors (Lipinski definition) is 3. The molecule has 0 aliphatic carbocycles. The van der Waals surface area contributed by atoms with Crippen LogP contribution < -0.4 is 5.73 Å². The zero-order chi connectivity index (χ0) is 22.5. The molecule has 0 aliphatic rings. The summed E-state index contributed by atoms with van der Waals surface area (Å²) in [5.41, 5.74) is 11.7. The number of nitrogens with one attached hydrogen (secondary N) is 2. The summed E-state index contributed by atoms with van der Waals surface area (Å²) in [7, 11) is 0. The van der Waals surface area contributed by atoms with Gasteiger partial charge in [0, 0.05) is 29.5 Å². The van der Waals surface area contributed by atoms with Gasteiger partial charge in [-0.2, -0.15) is 5.10 Å². The van der Waals surface area contributed by atoms with Gasteiger partial charge < -0.3 is 10.7 Å². The van der Waals surface area contributed by atoms with E-state index in [9.17, 15) is 4.79 Å². The highest BCUT2D eigenvalue weighted by Gasteiger charge is 2.18. The largest absolute Gasteiger partial charge is 0.397 e. The van der Waals surface area contributed by atoms with Crippen molar-refractivity contribution in [3.63, 3.8) is 0 Å². The van der Waals surface area contributed by atoms with Crippen molar-refractivity contribution in [2.75, 3.05) is 5.73 Å². The average Bonchev–Trinajstić information content (AvgIpc) is 3.55. The number of rotatable bonds is 4. The number of pyridine rings is 3. The predicted octanol–water partition coefficient (Wildman–Crippen LogP) is 4.47. The van der Waals surface area contributed by atoms with Crippen LogP contribution in [0.15, 0.2) is 55.1 Å². The summed E-state index contributed by atoms with van der Waals surface area (Å²) in [6, 6.07) is 9.36. The van der Waals surface area contributed by atoms with Gasteiger partial charge in [0.1, 0.15) is 16.9 Å². The second-order valence-electron chi connectivity index (χ2n) is 7.56. The number of aromatic amines is 2. The molecule has 9 nitrogen and oxygen atoms in total. The summed E-state index contributed by atoms with van der Waals surface area (Å²) in [4.78, 5) is 34.7. The van der Waals surface area contributed by atoms with E-state index in [1.165, 1.54) is 11.3 Å². The highest BCUT2D eigenvalue weighted by Crippen LogP contribution is 2.34. The maximum atomic E-state index is 11.7. The molecule has 0 spiro atoms. The molecule has 0 atom stereocenters. The van der Waals surface area contributed by atoms with Crippen molar-refractivity contribution in [2.45, 2.75) is 6.92 Å². The fourth-order valence-corrected chi connectivity index (χ4v) is 4.63. The Morgan fingerprint density at radius 3 is 2.76 bits per heavy atom. The van der Waals surface area contributed by atoms with Crippen LogP contribution in [0.4, 0.5) is 5.69 Å². The zero-order valence-corrected chi connectivity index (χ0v) is 18.1. The van der Waals surface area contributed by atoms with Crippen LogP contribution >= 0.6 is 11.3 Å². The highest BCUT2D eigenvalue weighted by atomic mass is 32.1. The van der Waals surface area contributed by atoms with E-state index in [0.29, 0.717) is 22.1 Å². The first kappa shape index (κ1) is 19.3. The Morgan fingerprint density at radius 1 is 1.03 bits per heavy atom. The molecule has 0 amide bonds. The van der Waals surface area contributed by atoms with Gasteiger partial charge >= 0.3 is 0 Å². The predicted molar refractivity (Wildman–Crippen MR) is 128 cm³/mol. The molecule has 0 saturated heterocycles. The Kier molecular flexibility index (Phi) is 4.27. The van der Waals surface area contributed by atoms with E-state index in [0.717, 1.165) is 43.8 Å². The van der Waals surface area contributed by atoms with Gasteiger partial charge in [-0.05, 0) is 37.3 Å². The topological polar surface area (TPSA) is 139 Å². The van der Waals surface area contributed by atoms with E-state index in [4.69, 9.17) is 10.7 Å².